The number of esters is 1. The van der Waals surface area contributed by atoms with Crippen LogP contribution in [0.25, 0.3) is 0 Å². The summed E-state index contributed by atoms with van der Waals surface area (Å²) in [5.41, 5.74) is 0. The lowest BCUT2D eigenvalue weighted by atomic mass is 9.94. The first-order valence-electron chi connectivity index (χ1n) is 17.5. The number of hydrogen-bond acceptors (Lipinski definition) is 5. The van der Waals surface area contributed by atoms with Gasteiger partial charge in [0.2, 0.25) is 10.0 Å². The Morgan fingerprint density at radius 1 is 0.610 bits per heavy atom. The van der Waals surface area contributed by atoms with Gasteiger partial charge in [0.15, 0.2) is 0 Å². The van der Waals surface area contributed by atoms with Crippen LogP contribution in [0.5, 0.6) is 0 Å². The highest BCUT2D eigenvalue weighted by atomic mass is 32.2. The Morgan fingerprint density at radius 3 is 1.51 bits per heavy atom. The third-order valence-electron chi connectivity index (χ3n) is 8.17. The third-order valence-corrected chi connectivity index (χ3v) is 10.1. The largest absolute Gasteiger partial charge is 0.465 e. The van der Waals surface area contributed by atoms with E-state index in [2.05, 4.69) is 20.8 Å². The number of rotatable bonds is 31. The summed E-state index contributed by atoms with van der Waals surface area (Å²) >= 11 is 0. The lowest BCUT2D eigenvalue weighted by Crippen LogP contribution is -2.39. The van der Waals surface area contributed by atoms with Crippen molar-refractivity contribution in [3.8, 4) is 0 Å². The first kappa shape index (κ1) is 40.3. The maximum atomic E-state index is 13.1. The second kappa shape index (κ2) is 28.1. The maximum Gasteiger partial charge on any atom is 0.307 e. The van der Waals surface area contributed by atoms with E-state index in [0.717, 1.165) is 25.7 Å². The highest BCUT2D eigenvalue weighted by molar-refractivity contribution is 7.89. The van der Waals surface area contributed by atoms with Gasteiger partial charge in [-0.15, -0.1) is 0 Å². The molecule has 1 atom stereocenters. The number of carbonyl (C=O) groups is 1. The van der Waals surface area contributed by atoms with Crippen LogP contribution in [0.1, 0.15) is 162 Å². The molecule has 0 aromatic rings. The number of unbranched alkanes of at least 4 members (excludes halogenated alkanes) is 16. The van der Waals surface area contributed by atoms with E-state index >= 15 is 0 Å². The molecule has 0 rings (SSSR count). The highest BCUT2D eigenvalue weighted by Gasteiger charge is 2.23. The topological polar surface area (TPSA) is 66.9 Å². The Labute approximate surface area is 256 Å². The van der Waals surface area contributed by atoms with Crippen LogP contribution in [-0.2, 0) is 19.6 Å². The molecule has 0 aromatic carbocycles. The molecule has 0 aromatic heterocycles. The molecule has 1 unspecified atom stereocenters. The molecule has 0 heterocycles. The molecule has 6 nitrogen and oxygen atoms in total. The fourth-order valence-corrected chi connectivity index (χ4v) is 6.87. The minimum absolute atomic E-state index is 0.129. The minimum Gasteiger partial charge on any atom is -0.465 e. The fraction of sp³-hybridized carbons (Fsp3) is 0.971. The molecule has 0 fully saturated rings. The summed E-state index contributed by atoms with van der Waals surface area (Å²) < 4.78 is 33.5. The Balaban J connectivity index is 4.73. The van der Waals surface area contributed by atoms with Gasteiger partial charge in [-0.05, 0) is 39.3 Å². The molecule has 0 bridgehead atoms. The Morgan fingerprint density at radius 2 is 1.05 bits per heavy atom. The van der Waals surface area contributed by atoms with Crippen LogP contribution in [0.3, 0.4) is 0 Å². The first-order valence-corrected chi connectivity index (χ1v) is 19.2. The number of nitrogens with zero attached hydrogens (tertiary/aromatic N) is 2. The van der Waals surface area contributed by atoms with Crippen molar-refractivity contribution in [2.45, 2.75) is 162 Å². The normalized spacial score (nSPS) is 12.9. The van der Waals surface area contributed by atoms with Crippen LogP contribution in [0.2, 0.25) is 0 Å². The average Bonchev–Trinajstić information content (AvgIpc) is 2.94. The Hall–Kier alpha value is -0.660. The molecular weight excluding hydrogens is 532 g/mol. The van der Waals surface area contributed by atoms with E-state index in [-0.39, 0.29) is 24.7 Å². The number of ether oxygens (including phenoxy) is 1. The van der Waals surface area contributed by atoms with E-state index in [4.69, 9.17) is 4.74 Å². The van der Waals surface area contributed by atoms with Crippen LogP contribution >= 0.6 is 0 Å². The minimum atomic E-state index is -3.38. The second-order valence-corrected chi connectivity index (χ2v) is 14.6. The summed E-state index contributed by atoms with van der Waals surface area (Å²) in [7, 11) is 0.509. The second-order valence-electron chi connectivity index (χ2n) is 12.6. The van der Waals surface area contributed by atoms with Gasteiger partial charge in [-0.2, -0.15) is 0 Å². The van der Waals surface area contributed by atoms with Gasteiger partial charge in [0, 0.05) is 19.6 Å². The van der Waals surface area contributed by atoms with Crippen LogP contribution in [0, 0.1) is 5.92 Å². The van der Waals surface area contributed by atoms with Crippen molar-refractivity contribution in [2.24, 2.45) is 5.92 Å². The van der Waals surface area contributed by atoms with E-state index in [1.165, 1.54) is 107 Å². The van der Waals surface area contributed by atoms with Gasteiger partial charge in [-0.25, -0.2) is 12.7 Å². The quantitative estimate of drug-likeness (QED) is 0.0585. The summed E-state index contributed by atoms with van der Waals surface area (Å²) in [6.45, 7) is 8.44. The number of hydrogen-bond donors (Lipinski definition) is 0. The molecule has 0 saturated carbocycles. The smallest absolute Gasteiger partial charge is 0.307 e. The zero-order chi connectivity index (χ0) is 30.6. The van der Waals surface area contributed by atoms with E-state index in [1.807, 2.05) is 19.0 Å². The summed E-state index contributed by atoms with van der Waals surface area (Å²) in [5, 5.41) is 0. The monoisotopic (exact) mass is 603 g/mol. The molecule has 0 aliphatic heterocycles. The number of carbonyl (C=O) groups excluding carboxylic acids is 1. The zero-order valence-corrected chi connectivity index (χ0v) is 28.9. The zero-order valence-electron chi connectivity index (χ0n) is 28.1. The molecule has 0 radical (unpaired) electrons. The van der Waals surface area contributed by atoms with Crippen molar-refractivity contribution >= 4 is 16.0 Å². The van der Waals surface area contributed by atoms with Gasteiger partial charge in [0.1, 0.15) is 0 Å². The number of likely N-dealkylation sites (N-methyl/N-ethyl adjacent to an activating group) is 1. The SMILES string of the molecule is CCCCCCCCCC(CCCCCCCC)COC(=O)CCN(CCN(C)C)S(=O)(=O)CCCCCCCC. The maximum absolute atomic E-state index is 13.1. The lowest BCUT2D eigenvalue weighted by molar-refractivity contribution is -0.145. The molecular formula is C34H70N2O4S. The molecule has 0 spiro atoms. The van der Waals surface area contributed by atoms with E-state index < -0.39 is 10.0 Å². The van der Waals surface area contributed by atoms with Crippen molar-refractivity contribution in [3.05, 3.63) is 0 Å². The van der Waals surface area contributed by atoms with Crippen molar-refractivity contribution in [1.82, 2.24) is 9.21 Å². The van der Waals surface area contributed by atoms with Crippen LogP contribution in [0.15, 0.2) is 0 Å². The van der Waals surface area contributed by atoms with Gasteiger partial charge in [-0.3, -0.25) is 4.79 Å². The molecule has 41 heavy (non-hydrogen) atoms. The Kier molecular flexibility index (Phi) is 27.7. The molecule has 7 heteroatoms. The van der Waals surface area contributed by atoms with E-state index in [1.54, 1.807) is 0 Å². The van der Waals surface area contributed by atoms with E-state index in [9.17, 15) is 13.2 Å². The third kappa shape index (κ3) is 25.5. The van der Waals surface area contributed by atoms with Crippen molar-refractivity contribution in [2.75, 3.05) is 46.1 Å². The fourth-order valence-electron chi connectivity index (χ4n) is 5.31. The highest BCUT2D eigenvalue weighted by Crippen LogP contribution is 2.20. The predicted molar refractivity (Wildman–Crippen MR) is 177 cm³/mol. The molecule has 0 N–H and O–H groups in total. The van der Waals surface area contributed by atoms with Gasteiger partial charge in [-0.1, -0.05) is 136 Å². The van der Waals surface area contributed by atoms with Gasteiger partial charge < -0.3 is 9.64 Å². The lowest BCUT2D eigenvalue weighted by Gasteiger charge is -2.24. The molecule has 0 amide bonds. The molecule has 0 aliphatic carbocycles. The van der Waals surface area contributed by atoms with Crippen molar-refractivity contribution < 1.29 is 17.9 Å². The van der Waals surface area contributed by atoms with Crippen LogP contribution in [0.4, 0.5) is 0 Å². The van der Waals surface area contributed by atoms with Crippen LogP contribution < -0.4 is 0 Å². The predicted octanol–water partition coefficient (Wildman–Crippen LogP) is 8.98. The van der Waals surface area contributed by atoms with Gasteiger partial charge in [0.25, 0.3) is 0 Å². The summed E-state index contributed by atoms with van der Waals surface area (Å²) in [4.78, 5) is 14.7. The van der Waals surface area contributed by atoms with Crippen molar-refractivity contribution in [3.63, 3.8) is 0 Å². The molecule has 246 valence electrons. The van der Waals surface area contributed by atoms with Crippen molar-refractivity contribution in [1.29, 1.82) is 0 Å². The summed E-state index contributed by atoms with van der Waals surface area (Å²) in [6.07, 6.45) is 25.4. The van der Waals surface area contributed by atoms with E-state index in [0.29, 0.717) is 32.0 Å². The standard InChI is InChI=1S/C34H70N2O4S/c1-6-9-12-15-18-20-23-26-33(25-22-19-16-13-10-7-2)32-40-34(37)27-28-36(30-29-35(4)5)41(38,39)31-24-21-17-14-11-8-3/h33H,6-32H2,1-5H3. The number of sulfonamides is 1. The Bertz CT molecular complexity index is 684. The first-order chi connectivity index (χ1) is 19.8. The summed E-state index contributed by atoms with van der Waals surface area (Å²) in [5.74, 6) is 0.324. The average molecular weight is 603 g/mol. The van der Waals surface area contributed by atoms with Crippen LogP contribution in [-0.4, -0.2) is 69.7 Å². The van der Waals surface area contributed by atoms with Gasteiger partial charge >= 0.3 is 5.97 Å². The molecule has 0 saturated heterocycles. The molecule has 0 aliphatic rings. The summed E-state index contributed by atoms with van der Waals surface area (Å²) in [6, 6.07) is 0. The van der Waals surface area contributed by atoms with Gasteiger partial charge in [0.05, 0.1) is 18.8 Å².